The number of fused-ring (bicyclic) bond motifs is 2. The van der Waals surface area contributed by atoms with Crippen LogP contribution in [-0.4, -0.2) is 90.9 Å². The van der Waals surface area contributed by atoms with Crippen LogP contribution in [0, 0.1) is 0 Å². The zero-order valence-electron chi connectivity index (χ0n) is 37.3. The molecule has 4 aromatic carbocycles. The van der Waals surface area contributed by atoms with E-state index in [9.17, 15) is 19.2 Å². The van der Waals surface area contributed by atoms with Gasteiger partial charge in [0, 0.05) is 90.5 Å². The molecular weight excluding hydrogens is 837 g/mol. The Hall–Kier alpha value is -8.80. The van der Waals surface area contributed by atoms with Gasteiger partial charge in [0.25, 0.3) is 11.8 Å². The van der Waals surface area contributed by atoms with Crippen LogP contribution in [0.1, 0.15) is 31.8 Å². The Labute approximate surface area is 381 Å². The van der Waals surface area contributed by atoms with Crippen molar-refractivity contribution < 1.29 is 19.2 Å². The summed E-state index contributed by atoms with van der Waals surface area (Å²) in [5.74, 6) is 0.490. The quantitative estimate of drug-likeness (QED) is 0.0700. The molecule has 0 aliphatic rings. The van der Waals surface area contributed by atoms with Gasteiger partial charge in [-0.05, 0) is 96.1 Å². The standard InChI is InChI=1S/2C24H25N7O2/c1-30(2)24(33)29-22-12-16(10-11-25-22)14-26-19-7-5-4-6-18(19)23(32)28-17-8-9-21-20(13-17)27-15-31(21)3;1-30(2)24(33)29-22-12-16(10-11-25-22)14-26-19-7-5-4-6-18(19)23(32)28-17-8-9-20-21(13-17)31(3)15-27-20/h2*4-13,15,26H,14H2,1-3H3,(H,28,32)(H,25,29,33). The smallest absolute Gasteiger partial charge is 0.322 e. The molecule has 0 spiro atoms. The first-order chi connectivity index (χ1) is 31.8. The van der Waals surface area contributed by atoms with E-state index >= 15 is 0 Å². The number of carbonyl (C=O) groups is 4. The Bertz CT molecular complexity index is 3030. The summed E-state index contributed by atoms with van der Waals surface area (Å²) in [6.07, 6.45) is 6.75. The molecule has 4 heterocycles. The first-order valence-electron chi connectivity index (χ1n) is 20.8. The van der Waals surface area contributed by atoms with E-state index in [1.165, 1.54) is 9.80 Å². The van der Waals surface area contributed by atoms with Gasteiger partial charge in [0.15, 0.2) is 0 Å². The van der Waals surface area contributed by atoms with Crippen molar-refractivity contribution in [3.05, 3.63) is 156 Å². The monoisotopic (exact) mass is 886 g/mol. The van der Waals surface area contributed by atoms with Crippen molar-refractivity contribution in [3.63, 3.8) is 0 Å². The van der Waals surface area contributed by atoms with Gasteiger partial charge in [-0.1, -0.05) is 24.3 Å². The molecule has 336 valence electrons. The van der Waals surface area contributed by atoms with Crippen molar-refractivity contribution in [2.75, 3.05) is 60.1 Å². The molecule has 8 aromatic rings. The number of hydrogen-bond acceptors (Lipinski definition) is 10. The SMILES string of the molecule is CN(C)C(=O)Nc1cc(CNc2ccccc2C(=O)Nc2ccc3c(c2)ncn3C)ccn1.CN(C)C(=O)Nc1cc(CNc2ccccc2C(=O)Nc2ccc3ncn(C)c3c2)ccn1. The zero-order valence-corrected chi connectivity index (χ0v) is 37.3. The number of anilines is 6. The fraction of sp³-hybridized carbons (Fsp3) is 0.167. The lowest BCUT2D eigenvalue weighted by Gasteiger charge is -2.14. The summed E-state index contributed by atoms with van der Waals surface area (Å²) in [5, 5.41) is 18.0. The highest BCUT2D eigenvalue weighted by atomic mass is 16.2. The van der Waals surface area contributed by atoms with Crippen LogP contribution < -0.4 is 31.9 Å². The molecule has 0 unspecified atom stereocenters. The number of aryl methyl sites for hydroxylation is 2. The maximum Gasteiger partial charge on any atom is 0.322 e. The Morgan fingerprint density at radius 3 is 1.50 bits per heavy atom. The molecule has 0 bridgehead atoms. The second-order valence-corrected chi connectivity index (χ2v) is 15.6. The molecule has 0 saturated heterocycles. The Morgan fingerprint density at radius 2 is 0.970 bits per heavy atom. The Morgan fingerprint density at radius 1 is 0.500 bits per heavy atom. The fourth-order valence-electron chi connectivity index (χ4n) is 6.63. The van der Waals surface area contributed by atoms with Gasteiger partial charge in [0.2, 0.25) is 0 Å². The summed E-state index contributed by atoms with van der Waals surface area (Å²) in [6.45, 7) is 0.913. The summed E-state index contributed by atoms with van der Waals surface area (Å²) >= 11 is 0. The second kappa shape index (κ2) is 20.6. The number of nitrogens with zero attached hydrogens (tertiary/aromatic N) is 8. The molecule has 0 radical (unpaired) electrons. The van der Waals surface area contributed by atoms with Gasteiger partial charge in [-0.2, -0.15) is 0 Å². The predicted octanol–water partition coefficient (Wildman–Crippen LogP) is 7.85. The van der Waals surface area contributed by atoms with E-state index in [1.54, 1.807) is 77.5 Å². The van der Waals surface area contributed by atoms with Crippen molar-refractivity contribution in [2.24, 2.45) is 14.1 Å². The number of nitrogens with one attached hydrogen (secondary N) is 6. The highest BCUT2D eigenvalue weighted by molar-refractivity contribution is 6.09. The molecule has 0 saturated carbocycles. The van der Waals surface area contributed by atoms with E-state index in [0.717, 1.165) is 33.2 Å². The van der Waals surface area contributed by atoms with Crippen molar-refractivity contribution in [3.8, 4) is 0 Å². The number of rotatable bonds is 12. The van der Waals surface area contributed by atoms with Gasteiger partial charge in [0.1, 0.15) is 11.6 Å². The van der Waals surface area contributed by atoms with Gasteiger partial charge in [-0.25, -0.2) is 29.5 Å². The average Bonchev–Trinajstić information content (AvgIpc) is 3.88. The molecule has 4 aromatic heterocycles. The van der Waals surface area contributed by atoms with Gasteiger partial charge in [-0.15, -0.1) is 0 Å². The third-order valence-electron chi connectivity index (χ3n) is 10.2. The van der Waals surface area contributed by atoms with Gasteiger partial charge < -0.3 is 40.2 Å². The van der Waals surface area contributed by atoms with E-state index in [4.69, 9.17) is 0 Å². The van der Waals surface area contributed by atoms with Crippen LogP contribution in [0.15, 0.2) is 134 Å². The van der Waals surface area contributed by atoms with Crippen LogP contribution in [0.25, 0.3) is 22.1 Å². The maximum absolute atomic E-state index is 13.0. The molecule has 0 aliphatic heterocycles. The molecule has 18 nitrogen and oxygen atoms in total. The minimum absolute atomic E-state index is 0.215. The molecule has 66 heavy (non-hydrogen) atoms. The van der Waals surface area contributed by atoms with E-state index < -0.39 is 0 Å². The Balaban J connectivity index is 0.000000196. The zero-order chi connectivity index (χ0) is 46.7. The second-order valence-electron chi connectivity index (χ2n) is 15.6. The molecule has 18 heteroatoms. The van der Waals surface area contributed by atoms with Gasteiger partial charge in [0.05, 0.1) is 45.8 Å². The minimum Gasteiger partial charge on any atom is -0.380 e. The third-order valence-corrected chi connectivity index (χ3v) is 10.2. The Kier molecular flexibility index (Phi) is 14.1. The number of imidazole rings is 2. The van der Waals surface area contributed by atoms with Gasteiger partial charge >= 0.3 is 12.1 Å². The summed E-state index contributed by atoms with van der Waals surface area (Å²) in [5.41, 5.74) is 9.27. The van der Waals surface area contributed by atoms with Crippen molar-refractivity contribution >= 4 is 80.3 Å². The van der Waals surface area contributed by atoms with Crippen LogP contribution in [0.5, 0.6) is 0 Å². The lowest BCUT2D eigenvalue weighted by molar-refractivity contribution is 0.101. The molecule has 6 amide bonds. The topological polar surface area (TPSA) is 208 Å². The predicted molar refractivity (Wildman–Crippen MR) is 259 cm³/mol. The molecule has 0 aliphatic carbocycles. The van der Waals surface area contributed by atoms with Crippen LogP contribution in [0.2, 0.25) is 0 Å². The maximum atomic E-state index is 13.0. The van der Waals surface area contributed by atoms with E-state index in [0.29, 0.717) is 58.6 Å². The van der Waals surface area contributed by atoms with Crippen LogP contribution in [0.3, 0.4) is 0 Å². The highest BCUT2D eigenvalue weighted by Crippen LogP contribution is 2.24. The number of urea groups is 2. The van der Waals surface area contributed by atoms with Crippen LogP contribution in [-0.2, 0) is 27.2 Å². The van der Waals surface area contributed by atoms with Crippen LogP contribution >= 0.6 is 0 Å². The first kappa shape index (κ1) is 45.2. The summed E-state index contributed by atoms with van der Waals surface area (Å²) < 4.78 is 3.83. The first-order valence-corrected chi connectivity index (χ1v) is 20.8. The molecule has 6 N–H and O–H groups in total. The van der Waals surface area contributed by atoms with Crippen molar-refractivity contribution in [1.82, 2.24) is 38.9 Å². The van der Waals surface area contributed by atoms with E-state index in [1.807, 2.05) is 108 Å². The van der Waals surface area contributed by atoms with Crippen molar-refractivity contribution in [2.45, 2.75) is 13.1 Å². The summed E-state index contributed by atoms with van der Waals surface area (Å²) in [4.78, 5) is 69.6. The number of aromatic nitrogens is 6. The van der Waals surface area contributed by atoms with Crippen molar-refractivity contribution in [1.29, 1.82) is 0 Å². The number of para-hydroxylation sites is 2. The fourth-order valence-corrected chi connectivity index (χ4v) is 6.63. The van der Waals surface area contributed by atoms with E-state index in [-0.39, 0.29) is 23.9 Å². The molecule has 0 atom stereocenters. The number of carbonyl (C=O) groups excluding carboxylic acids is 4. The lowest BCUT2D eigenvalue weighted by atomic mass is 10.1. The lowest BCUT2D eigenvalue weighted by Crippen LogP contribution is -2.27. The normalized spacial score (nSPS) is 10.6. The number of hydrogen-bond donors (Lipinski definition) is 6. The number of benzene rings is 4. The highest BCUT2D eigenvalue weighted by Gasteiger charge is 2.15. The third kappa shape index (κ3) is 11.4. The summed E-state index contributed by atoms with van der Waals surface area (Å²) in [6, 6.07) is 32.7. The minimum atomic E-state index is -0.251. The van der Waals surface area contributed by atoms with Crippen LogP contribution in [0.4, 0.5) is 44.0 Å². The van der Waals surface area contributed by atoms with E-state index in [2.05, 4.69) is 51.8 Å². The molecular formula is C48H50N14O4. The molecule has 8 rings (SSSR count). The molecule has 0 fully saturated rings. The summed E-state index contributed by atoms with van der Waals surface area (Å²) in [7, 11) is 10.5. The van der Waals surface area contributed by atoms with Gasteiger partial charge in [-0.3, -0.25) is 20.2 Å². The average molecular weight is 887 g/mol. The largest absolute Gasteiger partial charge is 0.380 e. The number of pyridine rings is 2. The number of amides is 6.